The molecule has 0 amide bonds. The number of allylic oxidation sites excluding steroid dienone is 2. The van der Waals surface area contributed by atoms with Gasteiger partial charge in [0.05, 0.1) is 18.0 Å². The average molecular weight is 937 g/mol. The Balaban J connectivity index is 0.00000273. The zero-order valence-electron chi connectivity index (χ0n) is 37.3. The minimum atomic E-state index is -2.16. The number of aliphatic hydroxyl groups is 5. The van der Waals surface area contributed by atoms with Gasteiger partial charge in [0.2, 0.25) is 0 Å². The molecule has 0 aromatic heterocycles. The monoisotopic (exact) mass is 936 g/mol. The second kappa shape index (κ2) is 19.6. The number of hydrogen-bond donors (Lipinski definition) is 5. The molecule has 326 valence electrons. The number of carboxylic acid groups (broad SMARTS) is 3. The van der Waals surface area contributed by atoms with Crippen LogP contribution in [0.3, 0.4) is 0 Å². The third-order valence-corrected chi connectivity index (χ3v) is 17.2. The van der Waals surface area contributed by atoms with Crippen molar-refractivity contribution >= 4 is 23.7 Å². The number of carboxylic acids is 3. The van der Waals surface area contributed by atoms with Crippen LogP contribution in [0.1, 0.15) is 106 Å². The molecule has 5 N–H and O–H groups in total. The number of carbonyl (C=O) groups is 4. The van der Waals surface area contributed by atoms with Crippen molar-refractivity contribution in [3.63, 3.8) is 0 Å². The number of ether oxygens (including phenoxy) is 4. The summed E-state index contributed by atoms with van der Waals surface area (Å²) in [7, 11) is 0. The Bertz CT molecular complexity index is 1750. The van der Waals surface area contributed by atoms with Crippen molar-refractivity contribution in [3.05, 3.63) is 11.6 Å². The maximum atomic E-state index is 14.8. The summed E-state index contributed by atoms with van der Waals surface area (Å²) < 4.78 is 23.1. The van der Waals surface area contributed by atoms with Crippen molar-refractivity contribution in [1.29, 1.82) is 0 Å². The van der Waals surface area contributed by atoms with Crippen molar-refractivity contribution in [2.75, 3.05) is 0 Å². The molecule has 0 aromatic carbocycles. The predicted molar refractivity (Wildman–Crippen MR) is 192 cm³/mol. The van der Waals surface area contributed by atoms with E-state index in [1.165, 1.54) is 0 Å². The van der Waals surface area contributed by atoms with Crippen molar-refractivity contribution in [2.24, 2.45) is 50.2 Å². The summed E-state index contributed by atoms with van der Waals surface area (Å²) in [5.41, 5.74) is -2.11. The van der Waals surface area contributed by atoms with Gasteiger partial charge in [-0.05, 0) is 103 Å². The molecule has 19 atom stereocenters. The maximum Gasteiger partial charge on any atom is 1.00 e. The van der Waals surface area contributed by atoms with Gasteiger partial charge in [-0.25, -0.2) is 0 Å². The van der Waals surface area contributed by atoms with Gasteiger partial charge >= 0.3 is 154 Å². The van der Waals surface area contributed by atoms with Crippen LogP contribution in [0.4, 0.5) is 0 Å². The summed E-state index contributed by atoms with van der Waals surface area (Å²) in [4.78, 5) is 50.9. The van der Waals surface area contributed by atoms with Gasteiger partial charge in [-0.15, -0.1) is 0 Å². The van der Waals surface area contributed by atoms with Crippen LogP contribution in [-0.4, -0.2) is 117 Å². The van der Waals surface area contributed by atoms with Gasteiger partial charge < -0.3 is 74.2 Å². The van der Waals surface area contributed by atoms with Crippen molar-refractivity contribution in [3.8, 4) is 0 Å². The first kappa shape index (κ1) is 56.0. The summed E-state index contributed by atoms with van der Waals surface area (Å²) >= 11 is 0. The molecule has 0 unspecified atom stereocenters. The normalized spacial score (nSPS) is 50.0. The summed E-state index contributed by atoms with van der Waals surface area (Å²) in [6, 6.07) is 0. The first-order valence-corrected chi connectivity index (χ1v) is 20.7. The van der Waals surface area contributed by atoms with Crippen LogP contribution in [0.5, 0.6) is 0 Å². The van der Waals surface area contributed by atoms with Gasteiger partial charge in [-0.3, -0.25) is 4.79 Å². The van der Waals surface area contributed by atoms with Crippen molar-refractivity contribution in [1.82, 2.24) is 0 Å². The SMILES string of the molecule is CC1(C)[C@@H](O[C@H]2O[C@H](C(=O)[O-])[C@@H](O)[C@H](O)[C@H]2O[C@@H]2O[C@H](C(=O)[O-])[C@@H](O)[C@H](O)[C@H]2O)CC[C@]2(C)[C@H]3C(=O)C=C4[C@@H]5C[C@@](C)(C(=O)[O-])CC[C@]5(C)CC[C@@]4(C)[C@]3(C)CC[C@@H]12.[K+].[K+].[K+]. The summed E-state index contributed by atoms with van der Waals surface area (Å²) in [6.45, 7) is 14.6. The number of aliphatic carboxylic acids is 3. The van der Waals surface area contributed by atoms with E-state index < -0.39 is 107 Å². The van der Waals surface area contributed by atoms with E-state index in [4.69, 9.17) is 18.9 Å². The first-order valence-electron chi connectivity index (χ1n) is 20.7. The molecule has 2 heterocycles. The fourth-order valence-electron chi connectivity index (χ4n) is 13.3. The molecular weight excluding hydrogens is 878 g/mol. The minimum absolute atomic E-state index is 0. The Labute approximate surface area is 484 Å². The van der Waals surface area contributed by atoms with E-state index >= 15 is 0 Å². The van der Waals surface area contributed by atoms with Crippen LogP contribution in [0.2, 0.25) is 0 Å². The van der Waals surface area contributed by atoms with E-state index in [0.717, 1.165) is 24.8 Å². The molecule has 4 saturated carbocycles. The molecule has 0 radical (unpaired) electrons. The van der Waals surface area contributed by atoms with Gasteiger partial charge in [-0.1, -0.05) is 54.0 Å². The number of fused-ring (bicyclic) bond motifs is 7. The molecule has 2 saturated heterocycles. The Kier molecular flexibility index (Phi) is 18.0. The standard InChI is InChI=1S/C42H62O16.3K/c1-37(2)21-8-11-42(7)31(20(43)16-18-19-17-39(4,36(53)54)13-12-38(19,3)14-15-41(18,42)6)40(21,5)10-9-22(37)55-35-30(26(47)25(46)29(57-35)33(51)52)58-34-27(48)23(44)24(45)28(56-34)32(49)50;;;/h16,19,21-31,34-35,44-48H,8-15,17H2,1-7H3,(H,49,50)(H,51,52)(H,53,54);;;/q;3*+1/p-3/t19-,21-,22-,23-,24-,25-,26-,27+,28-,29-,30+,31+,34-,35-,38+,39-,40-,41+,42+;;;/m0.../s1. The molecule has 19 heteroatoms. The minimum Gasteiger partial charge on any atom is -0.550 e. The van der Waals surface area contributed by atoms with Gasteiger partial charge in [0.15, 0.2) is 18.4 Å². The molecular formula is C42H59K3O16. The molecule has 7 aliphatic rings. The van der Waals surface area contributed by atoms with Crippen LogP contribution in [0.25, 0.3) is 0 Å². The number of rotatable bonds is 7. The molecule has 0 bridgehead atoms. The van der Waals surface area contributed by atoms with Crippen LogP contribution >= 0.6 is 0 Å². The zero-order chi connectivity index (χ0) is 42.9. The van der Waals surface area contributed by atoms with E-state index in [9.17, 15) is 60.0 Å². The quantitative estimate of drug-likeness (QED) is 0.117. The molecule has 16 nitrogen and oxygen atoms in total. The fraction of sp³-hybridized carbons (Fsp3) is 0.857. The van der Waals surface area contributed by atoms with E-state index in [1.807, 2.05) is 19.9 Å². The molecule has 0 spiro atoms. The summed E-state index contributed by atoms with van der Waals surface area (Å²) in [6.07, 6.45) is -13.4. The largest absolute Gasteiger partial charge is 1.00 e. The van der Waals surface area contributed by atoms with Gasteiger partial charge in [0.25, 0.3) is 0 Å². The summed E-state index contributed by atoms with van der Waals surface area (Å²) in [5, 5.41) is 89.2. The molecule has 7 rings (SSSR count). The van der Waals surface area contributed by atoms with Gasteiger partial charge in [0, 0.05) is 17.3 Å². The Morgan fingerprint density at radius 2 is 1.25 bits per heavy atom. The molecule has 2 aliphatic heterocycles. The number of ketones is 1. The second-order valence-electron chi connectivity index (χ2n) is 20.6. The third-order valence-electron chi connectivity index (χ3n) is 17.2. The van der Waals surface area contributed by atoms with E-state index in [0.29, 0.717) is 38.5 Å². The summed E-state index contributed by atoms with van der Waals surface area (Å²) in [5.74, 6) is -5.37. The average Bonchev–Trinajstić information content (AvgIpc) is 3.13. The molecule has 0 aromatic rings. The Morgan fingerprint density at radius 3 is 1.82 bits per heavy atom. The van der Waals surface area contributed by atoms with Crippen LogP contribution in [0.15, 0.2) is 11.6 Å². The molecule has 5 aliphatic carbocycles. The van der Waals surface area contributed by atoms with E-state index in [1.54, 1.807) is 6.92 Å². The van der Waals surface area contributed by atoms with Gasteiger partial charge in [-0.2, -0.15) is 0 Å². The number of aliphatic hydroxyl groups excluding tert-OH is 5. The van der Waals surface area contributed by atoms with E-state index in [2.05, 4.69) is 27.7 Å². The number of hydrogen-bond acceptors (Lipinski definition) is 16. The number of carbonyl (C=O) groups excluding carboxylic acids is 4. The van der Waals surface area contributed by atoms with Crippen molar-refractivity contribution in [2.45, 2.75) is 174 Å². The predicted octanol–water partition coefficient (Wildman–Crippen LogP) is -10.7. The smallest absolute Gasteiger partial charge is 0.550 e. The molecule has 6 fully saturated rings. The maximum absolute atomic E-state index is 14.8. The first-order chi connectivity index (χ1) is 26.8. The van der Waals surface area contributed by atoms with Crippen LogP contribution < -0.4 is 169 Å². The van der Waals surface area contributed by atoms with Crippen LogP contribution in [-0.2, 0) is 38.1 Å². The fourth-order valence-corrected chi connectivity index (χ4v) is 13.3. The van der Waals surface area contributed by atoms with Gasteiger partial charge in [0.1, 0.15) is 48.8 Å². The molecule has 61 heavy (non-hydrogen) atoms. The topological polar surface area (TPSA) is 276 Å². The Morgan fingerprint density at radius 1 is 0.689 bits per heavy atom. The second-order valence-corrected chi connectivity index (χ2v) is 20.6. The zero-order valence-corrected chi connectivity index (χ0v) is 46.6. The van der Waals surface area contributed by atoms with E-state index in [-0.39, 0.29) is 189 Å². The van der Waals surface area contributed by atoms with Crippen LogP contribution in [0, 0.1) is 50.2 Å². The third kappa shape index (κ3) is 9.06. The Hall–Kier alpha value is 2.37. The van der Waals surface area contributed by atoms with Crippen molar-refractivity contribution < 1.29 is 233 Å².